The summed E-state index contributed by atoms with van der Waals surface area (Å²) in [5.41, 5.74) is -0.491. The normalized spacial score (nSPS) is 24.1. The van der Waals surface area contributed by atoms with Crippen molar-refractivity contribution >= 4 is 11.9 Å². The maximum atomic E-state index is 12.4. The zero-order valence-corrected chi connectivity index (χ0v) is 14.2. The maximum absolute atomic E-state index is 12.4. The molecular weight excluding hydrogens is 266 g/mol. The number of rotatable bonds is 6. The molecule has 1 aliphatic rings. The second-order valence-electron chi connectivity index (χ2n) is 7.97. The number of carboxylic acids is 1. The zero-order chi connectivity index (χ0) is 16.3. The highest BCUT2D eigenvalue weighted by Crippen LogP contribution is 2.36. The first-order chi connectivity index (χ1) is 9.59. The molecule has 0 aromatic carbocycles. The van der Waals surface area contributed by atoms with Crippen LogP contribution in [0.25, 0.3) is 0 Å². The smallest absolute Gasteiger partial charge is 0.311 e. The van der Waals surface area contributed by atoms with Gasteiger partial charge in [0.2, 0.25) is 5.91 Å². The predicted octanol–water partition coefficient (Wildman–Crippen LogP) is 3.55. The lowest BCUT2D eigenvalue weighted by atomic mass is 9.82. The first-order valence-electron chi connectivity index (χ1n) is 8.11. The van der Waals surface area contributed by atoms with Gasteiger partial charge < -0.3 is 10.0 Å². The summed E-state index contributed by atoms with van der Waals surface area (Å²) in [6.07, 6.45) is 3.62. The topological polar surface area (TPSA) is 57.6 Å². The van der Waals surface area contributed by atoms with E-state index in [1.54, 1.807) is 4.90 Å². The summed E-state index contributed by atoms with van der Waals surface area (Å²) in [4.78, 5) is 25.7. The Morgan fingerprint density at radius 3 is 2.43 bits per heavy atom. The number of nitrogens with zero attached hydrogens (tertiary/aromatic N) is 1. The molecule has 0 radical (unpaired) electrons. The molecule has 0 aromatic rings. The first kappa shape index (κ1) is 18.0. The second-order valence-corrected chi connectivity index (χ2v) is 7.97. The van der Waals surface area contributed by atoms with Crippen LogP contribution in [0.1, 0.15) is 66.7 Å². The molecule has 0 spiro atoms. The van der Waals surface area contributed by atoms with Crippen LogP contribution in [-0.2, 0) is 9.59 Å². The van der Waals surface area contributed by atoms with Crippen molar-refractivity contribution in [2.24, 2.45) is 16.7 Å². The largest absolute Gasteiger partial charge is 0.481 e. The van der Waals surface area contributed by atoms with E-state index in [-0.39, 0.29) is 11.3 Å². The highest BCUT2D eigenvalue weighted by atomic mass is 16.4. The molecule has 21 heavy (non-hydrogen) atoms. The highest BCUT2D eigenvalue weighted by Gasteiger charge is 2.45. The molecule has 122 valence electrons. The van der Waals surface area contributed by atoms with Crippen molar-refractivity contribution < 1.29 is 14.7 Å². The number of hydrogen-bond donors (Lipinski definition) is 1. The van der Waals surface area contributed by atoms with Crippen LogP contribution in [0.15, 0.2) is 0 Å². The highest BCUT2D eigenvalue weighted by molar-refractivity contribution is 5.80. The summed E-state index contributed by atoms with van der Waals surface area (Å²) in [6, 6.07) is 0. The first-order valence-corrected chi connectivity index (χ1v) is 8.11. The van der Waals surface area contributed by atoms with Gasteiger partial charge in [0.15, 0.2) is 0 Å². The Morgan fingerprint density at radius 1 is 1.33 bits per heavy atom. The molecule has 1 aliphatic heterocycles. The number of carbonyl (C=O) groups excluding carboxylic acids is 1. The van der Waals surface area contributed by atoms with Gasteiger partial charge in [-0.25, -0.2) is 0 Å². The van der Waals surface area contributed by atoms with E-state index in [1.165, 1.54) is 0 Å². The lowest BCUT2D eigenvalue weighted by Crippen LogP contribution is -2.37. The fourth-order valence-corrected chi connectivity index (χ4v) is 3.59. The lowest BCUT2D eigenvalue weighted by molar-refractivity contribution is -0.149. The average molecular weight is 297 g/mol. The van der Waals surface area contributed by atoms with Gasteiger partial charge in [0.1, 0.15) is 0 Å². The Bertz CT molecular complexity index is 386. The summed E-state index contributed by atoms with van der Waals surface area (Å²) < 4.78 is 0. The molecule has 1 fully saturated rings. The Balaban J connectivity index is 2.59. The second kappa shape index (κ2) is 6.80. The molecule has 1 amide bonds. The number of aliphatic carboxylic acids is 1. The third-order valence-electron chi connectivity index (χ3n) is 4.37. The monoisotopic (exact) mass is 297 g/mol. The van der Waals surface area contributed by atoms with E-state index < -0.39 is 11.4 Å². The van der Waals surface area contributed by atoms with E-state index in [0.29, 0.717) is 38.3 Å². The summed E-state index contributed by atoms with van der Waals surface area (Å²) in [5.74, 6) is -0.295. The number of amides is 1. The molecular formula is C17H31NO3. The average Bonchev–Trinajstić information content (AvgIpc) is 2.72. The maximum Gasteiger partial charge on any atom is 0.311 e. The van der Waals surface area contributed by atoms with Crippen LogP contribution in [0.3, 0.4) is 0 Å². The van der Waals surface area contributed by atoms with Gasteiger partial charge >= 0.3 is 5.97 Å². The van der Waals surface area contributed by atoms with E-state index in [9.17, 15) is 14.7 Å². The molecule has 1 N–H and O–H groups in total. The van der Waals surface area contributed by atoms with E-state index in [2.05, 4.69) is 27.7 Å². The quantitative estimate of drug-likeness (QED) is 0.815. The number of hydrogen-bond acceptors (Lipinski definition) is 2. The molecule has 2 atom stereocenters. The van der Waals surface area contributed by atoms with E-state index in [4.69, 9.17) is 0 Å². The molecule has 4 heteroatoms. The minimum atomic E-state index is -0.748. The fourth-order valence-electron chi connectivity index (χ4n) is 3.59. The molecule has 1 heterocycles. The van der Waals surface area contributed by atoms with E-state index in [1.807, 2.05) is 6.92 Å². The minimum absolute atomic E-state index is 0.117. The van der Waals surface area contributed by atoms with Crippen LogP contribution >= 0.6 is 0 Å². The van der Waals surface area contributed by atoms with Gasteiger partial charge in [0.05, 0.1) is 5.41 Å². The van der Waals surface area contributed by atoms with Crippen molar-refractivity contribution in [2.75, 3.05) is 13.1 Å². The third-order valence-corrected chi connectivity index (χ3v) is 4.37. The Labute approximate surface area is 128 Å². The summed E-state index contributed by atoms with van der Waals surface area (Å²) >= 11 is 0. The third kappa shape index (κ3) is 5.01. The van der Waals surface area contributed by atoms with Gasteiger partial charge in [-0.2, -0.15) is 0 Å². The van der Waals surface area contributed by atoms with Crippen molar-refractivity contribution in [3.63, 3.8) is 0 Å². The standard InChI is InChI=1S/C17H31NO3/c1-6-7-17(15(20)21)8-9-18(12-17)14(19)10-13(2)11-16(3,4)5/h13H,6-12H2,1-5H3,(H,20,21). The van der Waals surface area contributed by atoms with Crippen LogP contribution in [0.5, 0.6) is 0 Å². The molecule has 0 aliphatic carbocycles. The van der Waals surface area contributed by atoms with Crippen molar-refractivity contribution in [3.8, 4) is 0 Å². The zero-order valence-electron chi connectivity index (χ0n) is 14.2. The molecule has 1 saturated heterocycles. The Hall–Kier alpha value is -1.06. The molecule has 4 nitrogen and oxygen atoms in total. The van der Waals surface area contributed by atoms with Gasteiger partial charge in [-0.15, -0.1) is 0 Å². The Kier molecular flexibility index (Phi) is 5.83. The van der Waals surface area contributed by atoms with E-state index in [0.717, 1.165) is 12.8 Å². The summed E-state index contributed by atoms with van der Waals surface area (Å²) in [6.45, 7) is 11.6. The summed E-state index contributed by atoms with van der Waals surface area (Å²) in [7, 11) is 0. The molecule has 0 aromatic heterocycles. The van der Waals surface area contributed by atoms with Crippen LogP contribution < -0.4 is 0 Å². The van der Waals surface area contributed by atoms with Crippen molar-refractivity contribution in [1.82, 2.24) is 4.90 Å². The number of carbonyl (C=O) groups is 2. The SMILES string of the molecule is CCCC1(C(=O)O)CCN(C(=O)CC(C)CC(C)(C)C)C1. The van der Waals surface area contributed by atoms with Crippen molar-refractivity contribution in [2.45, 2.75) is 66.7 Å². The van der Waals surface area contributed by atoms with Crippen LogP contribution in [-0.4, -0.2) is 35.0 Å². The van der Waals surface area contributed by atoms with Gasteiger partial charge in [-0.05, 0) is 30.6 Å². The van der Waals surface area contributed by atoms with Gasteiger partial charge in [-0.3, -0.25) is 9.59 Å². The molecule has 1 rings (SSSR count). The summed E-state index contributed by atoms with van der Waals surface area (Å²) in [5, 5.41) is 9.49. The van der Waals surface area contributed by atoms with Crippen LogP contribution in [0.4, 0.5) is 0 Å². The van der Waals surface area contributed by atoms with Gasteiger partial charge in [-0.1, -0.05) is 41.0 Å². The predicted molar refractivity (Wildman–Crippen MR) is 84.0 cm³/mol. The van der Waals surface area contributed by atoms with Crippen LogP contribution in [0, 0.1) is 16.7 Å². The Morgan fingerprint density at radius 2 is 1.95 bits per heavy atom. The van der Waals surface area contributed by atoms with Crippen molar-refractivity contribution in [3.05, 3.63) is 0 Å². The fraction of sp³-hybridized carbons (Fsp3) is 0.882. The number of likely N-dealkylation sites (tertiary alicyclic amines) is 1. The molecule has 0 bridgehead atoms. The van der Waals surface area contributed by atoms with Crippen molar-refractivity contribution in [1.29, 1.82) is 0 Å². The van der Waals surface area contributed by atoms with Gasteiger partial charge in [0, 0.05) is 19.5 Å². The lowest BCUT2D eigenvalue weighted by Gasteiger charge is -2.26. The minimum Gasteiger partial charge on any atom is -0.481 e. The van der Waals surface area contributed by atoms with Crippen LogP contribution in [0.2, 0.25) is 0 Å². The van der Waals surface area contributed by atoms with Gasteiger partial charge in [0.25, 0.3) is 0 Å². The van der Waals surface area contributed by atoms with E-state index >= 15 is 0 Å². The molecule has 2 unspecified atom stereocenters. The number of carboxylic acid groups (broad SMARTS) is 1. The molecule has 0 saturated carbocycles.